The molecule has 148 valence electrons. The zero-order chi connectivity index (χ0) is 19.9. The van der Waals surface area contributed by atoms with Crippen LogP contribution in [0.15, 0.2) is 36.4 Å². The second-order valence-corrected chi connectivity index (χ2v) is 6.89. The molecule has 0 fully saturated rings. The van der Waals surface area contributed by atoms with E-state index in [-0.39, 0.29) is 31.8 Å². The molecule has 4 heteroatoms. The molecule has 0 radical (unpaired) electrons. The summed E-state index contributed by atoms with van der Waals surface area (Å²) in [5.74, 6) is 1.56. The molecule has 0 amide bonds. The van der Waals surface area contributed by atoms with E-state index in [2.05, 4.69) is 52.0 Å². The zero-order valence-corrected chi connectivity index (χ0v) is 16.9. The largest absolute Gasteiger partial charge is 0.491 e. The molecule has 0 atom stereocenters. The van der Waals surface area contributed by atoms with Gasteiger partial charge in [0.1, 0.15) is 24.7 Å². The summed E-state index contributed by atoms with van der Waals surface area (Å²) in [6.07, 6.45) is 1.89. The minimum atomic E-state index is -0.161. The highest BCUT2D eigenvalue weighted by atomic mass is 16.5. The molecule has 0 aliphatic heterocycles. The zero-order valence-electron chi connectivity index (χ0n) is 16.9. The van der Waals surface area contributed by atoms with Gasteiger partial charge in [0.15, 0.2) is 0 Å². The Morgan fingerprint density at radius 1 is 0.741 bits per heavy atom. The van der Waals surface area contributed by atoms with Gasteiger partial charge in [0.25, 0.3) is 0 Å². The van der Waals surface area contributed by atoms with Crippen LogP contribution in [-0.4, -0.2) is 36.6 Å². The van der Waals surface area contributed by atoms with Crippen LogP contribution in [0.25, 0.3) is 0 Å². The fourth-order valence-corrected chi connectivity index (χ4v) is 3.90. The first kappa shape index (κ1) is 21.3. The number of hydrogen-bond donors (Lipinski definition) is 2. The first-order valence-corrected chi connectivity index (χ1v) is 9.72. The van der Waals surface area contributed by atoms with Crippen LogP contribution in [0.1, 0.15) is 48.9 Å². The first-order chi connectivity index (χ1) is 13.0. The van der Waals surface area contributed by atoms with Crippen molar-refractivity contribution >= 4 is 0 Å². The third-order valence-electron chi connectivity index (χ3n) is 5.38. The Kier molecular flexibility index (Phi) is 7.69. The lowest BCUT2D eigenvalue weighted by atomic mass is 9.68. The van der Waals surface area contributed by atoms with E-state index in [9.17, 15) is 0 Å². The predicted molar refractivity (Wildman–Crippen MR) is 109 cm³/mol. The van der Waals surface area contributed by atoms with Crippen molar-refractivity contribution in [3.63, 3.8) is 0 Å². The highest BCUT2D eigenvalue weighted by Crippen LogP contribution is 2.44. The Morgan fingerprint density at radius 2 is 1.15 bits per heavy atom. The van der Waals surface area contributed by atoms with Crippen LogP contribution in [-0.2, 0) is 5.41 Å². The van der Waals surface area contributed by atoms with Gasteiger partial charge < -0.3 is 19.7 Å². The fourth-order valence-electron chi connectivity index (χ4n) is 3.90. The minimum Gasteiger partial charge on any atom is -0.491 e. The molecular formula is C23H32O4. The van der Waals surface area contributed by atoms with Crippen LogP contribution >= 0.6 is 0 Å². The van der Waals surface area contributed by atoms with Crippen LogP contribution in [0, 0.1) is 13.8 Å². The summed E-state index contributed by atoms with van der Waals surface area (Å²) in [7, 11) is 0. The Bertz CT molecular complexity index is 676. The molecule has 0 aliphatic carbocycles. The number of aryl methyl sites for hydroxylation is 2. The van der Waals surface area contributed by atoms with E-state index in [1.54, 1.807) is 0 Å². The van der Waals surface area contributed by atoms with E-state index in [1.807, 2.05) is 12.1 Å². The highest BCUT2D eigenvalue weighted by molar-refractivity contribution is 5.51. The van der Waals surface area contributed by atoms with Crippen molar-refractivity contribution in [2.24, 2.45) is 0 Å². The highest BCUT2D eigenvalue weighted by Gasteiger charge is 2.34. The average Bonchev–Trinajstić information content (AvgIpc) is 2.69. The molecule has 0 heterocycles. The molecule has 0 bridgehead atoms. The van der Waals surface area contributed by atoms with Gasteiger partial charge in [0, 0.05) is 5.41 Å². The van der Waals surface area contributed by atoms with Gasteiger partial charge in [0.2, 0.25) is 0 Å². The van der Waals surface area contributed by atoms with E-state index in [4.69, 9.17) is 19.7 Å². The molecule has 2 aromatic carbocycles. The Labute approximate surface area is 162 Å². The quantitative estimate of drug-likeness (QED) is 0.658. The summed E-state index contributed by atoms with van der Waals surface area (Å²) >= 11 is 0. The molecule has 0 saturated heterocycles. The summed E-state index contributed by atoms with van der Waals surface area (Å²) in [5.41, 5.74) is 4.76. The van der Waals surface area contributed by atoms with Gasteiger partial charge in [-0.1, -0.05) is 26.0 Å². The van der Waals surface area contributed by atoms with Crippen molar-refractivity contribution in [1.82, 2.24) is 0 Å². The van der Waals surface area contributed by atoms with Gasteiger partial charge in [0.05, 0.1) is 13.2 Å². The van der Waals surface area contributed by atoms with Crippen LogP contribution in [0.4, 0.5) is 0 Å². The third kappa shape index (κ3) is 4.63. The summed E-state index contributed by atoms with van der Waals surface area (Å²) in [5, 5.41) is 18.1. The van der Waals surface area contributed by atoms with E-state index >= 15 is 0 Å². The minimum absolute atomic E-state index is 0.000737. The number of aliphatic hydroxyl groups is 2. The molecule has 0 aromatic heterocycles. The normalized spacial score (nSPS) is 11.5. The topological polar surface area (TPSA) is 58.9 Å². The van der Waals surface area contributed by atoms with Crippen LogP contribution in [0.5, 0.6) is 11.5 Å². The predicted octanol–water partition coefficient (Wildman–Crippen LogP) is 4.15. The first-order valence-electron chi connectivity index (χ1n) is 9.72. The second-order valence-electron chi connectivity index (χ2n) is 6.89. The van der Waals surface area contributed by atoms with Crippen molar-refractivity contribution in [2.45, 2.75) is 46.0 Å². The molecule has 0 spiro atoms. The molecular weight excluding hydrogens is 340 g/mol. The van der Waals surface area contributed by atoms with E-state index in [0.29, 0.717) is 0 Å². The number of ether oxygens (including phenoxy) is 2. The molecule has 0 saturated carbocycles. The van der Waals surface area contributed by atoms with Gasteiger partial charge >= 0.3 is 0 Å². The molecule has 2 aromatic rings. The maximum Gasteiger partial charge on any atom is 0.119 e. The molecule has 0 aliphatic rings. The second kappa shape index (κ2) is 9.77. The lowest BCUT2D eigenvalue weighted by Crippen LogP contribution is -2.28. The number of hydrogen-bond acceptors (Lipinski definition) is 4. The van der Waals surface area contributed by atoms with Gasteiger partial charge in [-0.05, 0) is 73.2 Å². The maximum absolute atomic E-state index is 9.06. The summed E-state index contributed by atoms with van der Waals surface area (Å²) < 4.78 is 11.4. The van der Waals surface area contributed by atoms with E-state index in [0.717, 1.165) is 24.3 Å². The third-order valence-corrected chi connectivity index (χ3v) is 5.38. The van der Waals surface area contributed by atoms with E-state index < -0.39 is 0 Å². The lowest BCUT2D eigenvalue weighted by Gasteiger charge is -2.36. The molecule has 2 rings (SSSR count). The van der Waals surface area contributed by atoms with Gasteiger partial charge in [-0.2, -0.15) is 0 Å². The Hall–Kier alpha value is -2.04. The van der Waals surface area contributed by atoms with Crippen LogP contribution in [0.3, 0.4) is 0 Å². The summed E-state index contributed by atoms with van der Waals surface area (Å²) in [6, 6.07) is 12.3. The van der Waals surface area contributed by atoms with Crippen molar-refractivity contribution in [2.75, 3.05) is 26.4 Å². The Balaban J connectivity index is 2.58. The summed E-state index contributed by atoms with van der Waals surface area (Å²) in [6.45, 7) is 9.27. The molecule has 27 heavy (non-hydrogen) atoms. The average molecular weight is 373 g/mol. The van der Waals surface area contributed by atoms with Gasteiger partial charge in [-0.15, -0.1) is 0 Å². The fraction of sp³-hybridized carbons (Fsp3) is 0.478. The molecule has 2 N–H and O–H groups in total. The van der Waals surface area contributed by atoms with Gasteiger partial charge in [-0.25, -0.2) is 0 Å². The van der Waals surface area contributed by atoms with Crippen molar-refractivity contribution < 1.29 is 19.7 Å². The van der Waals surface area contributed by atoms with E-state index in [1.165, 1.54) is 22.3 Å². The van der Waals surface area contributed by atoms with Crippen LogP contribution < -0.4 is 9.47 Å². The Morgan fingerprint density at radius 3 is 1.48 bits per heavy atom. The maximum atomic E-state index is 9.06. The van der Waals surface area contributed by atoms with Crippen LogP contribution in [0.2, 0.25) is 0 Å². The van der Waals surface area contributed by atoms with Gasteiger partial charge in [-0.3, -0.25) is 0 Å². The molecule has 0 unspecified atom stereocenters. The standard InChI is InChI=1S/C23H32O4/c1-5-23(6-2,21-15-19(26-13-11-24)9-7-17(21)3)22-16-20(27-14-12-25)10-8-18(22)4/h7-10,15-16,24-25H,5-6,11-14H2,1-4H3. The number of benzene rings is 2. The monoisotopic (exact) mass is 372 g/mol. The van der Waals surface area contributed by atoms with Crippen molar-refractivity contribution in [3.8, 4) is 11.5 Å². The van der Waals surface area contributed by atoms with Crippen molar-refractivity contribution in [3.05, 3.63) is 58.7 Å². The number of rotatable bonds is 10. The SMILES string of the molecule is CCC(CC)(c1cc(OCCO)ccc1C)c1cc(OCCO)ccc1C. The number of aliphatic hydroxyl groups excluding tert-OH is 2. The lowest BCUT2D eigenvalue weighted by molar-refractivity contribution is 0.201. The van der Waals surface area contributed by atoms with Crippen molar-refractivity contribution in [1.29, 1.82) is 0 Å². The summed E-state index contributed by atoms with van der Waals surface area (Å²) in [4.78, 5) is 0. The molecule has 4 nitrogen and oxygen atoms in total. The smallest absolute Gasteiger partial charge is 0.119 e.